The van der Waals surface area contributed by atoms with Gasteiger partial charge in [-0.15, -0.1) is 0 Å². The summed E-state index contributed by atoms with van der Waals surface area (Å²) in [4.78, 5) is 8.56. The van der Waals surface area contributed by atoms with Gasteiger partial charge in [0.1, 0.15) is 23.0 Å². The number of benzene rings is 6. The molecule has 93 heavy (non-hydrogen) atoms. The van der Waals surface area contributed by atoms with Gasteiger partial charge in [0.25, 0.3) is 0 Å². The molecule has 7 aromatic rings. The molecule has 2 atom stereocenters. The molecule has 0 aliphatic heterocycles. The van der Waals surface area contributed by atoms with E-state index in [2.05, 4.69) is 152 Å². The molecule has 6 aromatic carbocycles. The normalized spacial score (nSPS) is 12.2. The molecule has 7 heteroatoms. The van der Waals surface area contributed by atoms with E-state index >= 15 is 0 Å². The maximum absolute atomic E-state index is 6.72. The minimum absolute atomic E-state index is 0.590. The quantitative estimate of drug-likeness (QED) is 0.0384. The van der Waals surface area contributed by atoms with Crippen molar-refractivity contribution in [1.29, 1.82) is 0 Å². The molecular weight excluding hydrogens is 1140 g/mol. The third-order valence-corrected chi connectivity index (χ3v) is 19.8. The van der Waals surface area contributed by atoms with Crippen molar-refractivity contribution in [2.24, 2.45) is 11.8 Å². The first-order chi connectivity index (χ1) is 45.9. The SMILES string of the molecule is CCCCCCCCCCCCC(CCCCCCCCCC)COc1ccc(N(c2ccc(OC)cc2)c2ccc3c(c2)[nH]c2cc(N(c4ccc(OC)cc4)c4ccc(OCC(CCCCCCCCCC)CCCCCCCCCCCC)cc4)ccc23)cc1. The van der Waals surface area contributed by atoms with Gasteiger partial charge in [0, 0.05) is 55.9 Å². The first-order valence-corrected chi connectivity index (χ1v) is 38.3. The van der Waals surface area contributed by atoms with E-state index in [-0.39, 0.29) is 0 Å². The number of nitrogens with zero attached hydrogens (tertiary/aromatic N) is 2. The van der Waals surface area contributed by atoms with Crippen molar-refractivity contribution in [2.45, 2.75) is 285 Å². The highest BCUT2D eigenvalue weighted by Crippen LogP contribution is 2.42. The number of anilines is 6. The summed E-state index contributed by atoms with van der Waals surface area (Å²) in [7, 11) is 3.46. The molecule has 7 rings (SSSR count). The monoisotopic (exact) mass is 1270 g/mol. The van der Waals surface area contributed by atoms with Crippen LogP contribution < -0.4 is 28.7 Å². The van der Waals surface area contributed by atoms with Crippen LogP contribution in [0, 0.1) is 11.8 Å². The van der Waals surface area contributed by atoms with Gasteiger partial charge in [-0.1, -0.05) is 271 Å². The van der Waals surface area contributed by atoms with Crippen molar-refractivity contribution >= 4 is 55.9 Å². The number of aromatic nitrogens is 1. The first-order valence-electron chi connectivity index (χ1n) is 38.3. The number of nitrogens with one attached hydrogen (secondary N) is 1. The highest BCUT2D eigenvalue weighted by atomic mass is 16.5. The molecule has 0 bridgehead atoms. The Kier molecular flexibility index (Phi) is 36.2. The second-order valence-electron chi connectivity index (χ2n) is 27.5. The van der Waals surface area contributed by atoms with Gasteiger partial charge in [-0.05, 0) is 159 Å². The molecule has 0 spiro atoms. The lowest BCUT2D eigenvalue weighted by atomic mass is 9.94. The topological polar surface area (TPSA) is 59.2 Å². The summed E-state index contributed by atoms with van der Waals surface area (Å²) in [5, 5.41) is 2.37. The zero-order valence-electron chi connectivity index (χ0n) is 59.6. The molecule has 0 saturated heterocycles. The van der Waals surface area contributed by atoms with Crippen LogP contribution in [-0.4, -0.2) is 32.4 Å². The summed E-state index contributed by atoms with van der Waals surface area (Å²) >= 11 is 0. The standard InChI is InChI=1S/C86H127N3O4/c1-7-11-15-19-23-27-29-33-37-41-45-71(43-39-35-31-25-21-17-13-9-3)69-92-81-61-51-75(52-62-81)88(73-47-57-79(90-5)58-48-73)77-55-65-83-84-66-56-78(68-86(84)87-85(83)67-77)89(74-49-59-80(91-6)60-50-74)76-53-63-82(64-54-76)93-70-72(44-40-36-32-26-22-18-14-10-4)46-42-38-34-30-28-24-20-16-12-8-2/h47-68,71-72,87H,7-46,69-70H2,1-6H3. The summed E-state index contributed by atoms with van der Waals surface area (Å²) < 4.78 is 24.7. The smallest absolute Gasteiger partial charge is 0.119 e. The maximum Gasteiger partial charge on any atom is 0.119 e. The van der Waals surface area contributed by atoms with E-state index in [9.17, 15) is 0 Å². The number of H-pyrrole nitrogens is 1. The zero-order valence-corrected chi connectivity index (χ0v) is 59.6. The van der Waals surface area contributed by atoms with E-state index in [1.54, 1.807) is 14.2 Å². The Morgan fingerprint density at radius 3 is 0.742 bits per heavy atom. The fourth-order valence-electron chi connectivity index (χ4n) is 13.9. The number of hydrogen-bond acceptors (Lipinski definition) is 6. The zero-order chi connectivity index (χ0) is 65.2. The number of fused-ring (bicyclic) bond motifs is 3. The number of rotatable bonds is 54. The van der Waals surface area contributed by atoms with Crippen molar-refractivity contribution in [3.8, 4) is 23.0 Å². The number of hydrogen-bond donors (Lipinski definition) is 1. The Morgan fingerprint density at radius 1 is 0.269 bits per heavy atom. The molecule has 1 heterocycles. The lowest BCUT2D eigenvalue weighted by Crippen LogP contribution is -2.13. The average Bonchev–Trinajstić information content (AvgIpc) is 1.67. The number of unbranched alkanes of at least 4 members (excludes halogenated alkanes) is 32. The molecule has 0 amide bonds. The molecule has 1 aromatic heterocycles. The van der Waals surface area contributed by atoms with Gasteiger partial charge in [0.15, 0.2) is 0 Å². The van der Waals surface area contributed by atoms with Gasteiger partial charge < -0.3 is 33.7 Å². The molecule has 1 N–H and O–H groups in total. The fraction of sp³-hybridized carbons (Fsp3) is 0.581. The maximum atomic E-state index is 6.72. The Morgan fingerprint density at radius 2 is 0.495 bits per heavy atom. The van der Waals surface area contributed by atoms with Gasteiger partial charge >= 0.3 is 0 Å². The van der Waals surface area contributed by atoms with Gasteiger partial charge in [0.05, 0.1) is 27.4 Å². The molecule has 0 aliphatic carbocycles. The van der Waals surface area contributed by atoms with E-state index in [0.717, 1.165) is 81.4 Å². The van der Waals surface area contributed by atoms with Gasteiger partial charge in [-0.2, -0.15) is 0 Å². The summed E-state index contributed by atoms with van der Waals surface area (Å²) in [5.74, 6) is 4.72. The molecule has 2 unspecified atom stereocenters. The van der Waals surface area contributed by atoms with Crippen molar-refractivity contribution in [2.75, 3.05) is 37.2 Å². The van der Waals surface area contributed by atoms with E-state index < -0.39 is 0 Å². The van der Waals surface area contributed by atoms with E-state index in [1.807, 2.05) is 24.3 Å². The van der Waals surface area contributed by atoms with Crippen molar-refractivity contribution in [1.82, 2.24) is 4.98 Å². The summed E-state index contributed by atoms with van der Waals surface area (Å²) in [6, 6.07) is 48.0. The molecule has 0 radical (unpaired) electrons. The Balaban J connectivity index is 1.04. The van der Waals surface area contributed by atoms with Crippen LogP contribution in [0.1, 0.15) is 285 Å². The number of ether oxygens (including phenoxy) is 4. The van der Waals surface area contributed by atoms with Crippen LogP contribution in [0.4, 0.5) is 34.1 Å². The molecule has 7 nitrogen and oxygen atoms in total. The van der Waals surface area contributed by atoms with Crippen LogP contribution in [0.2, 0.25) is 0 Å². The van der Waals surface area contributed by atoms with Gasteiger partial charge in [0.2, 0.25) is 0 Å². The van der Waals surface area contributed by atoms with Crippen LogP contribution in [0.15, 0.2) is 133 Å². The molecule has 0 saturated carbocycles. The van der Waals surface area contributed by atoms with Crippen LogP contribution >= 0.6 is 0 Å². The molecule has 510 valence electrons. The van der Waals surface area contributed by atoms with Crippen molar-refractivity contribution in [3.05, 3.63) is 133 Å². The number of methoxy groups -OCH3 is 2. The van der Waals surface area contributed by atoms with Crippen LogP contribution in [0.25, 0.3) is 21.8 Å². The number of aromatic amines is 1. The lowest BCUT2D eigenvalue weighted by molar-refractivity contribution is 0.224. The van der Waals surface area contributed by atoms with Crippen LogP contribution in [0.5, 0.6) is 23.0 Å². The molecular formula is C86H127N3O4. The fourth-order valence-corrected chi connectivity index (χ4v) is 13.9. The summed E-state index contributed by atoms with van der Waals surface area (Å²) in [6.07, 6.45) is 54.3. The third kappa shape index (κ3) is 26.9. The Bertz CT molecular complexity index is 2790. The lowest BCUT2D eigenvalue weighted by Gasteiger charge is -2.26. The van der Waals surface area contributed by atoms with E-state index in [0.29, 0.717) is 11.8 Å². The summed E-state index contributed by atoms with van der Waals surface area (Å²) in [6.45, 7) is 10.8. The predicted octanol–water partition coefficient (Wildman–Crippen LogP) is 28.0. The molecule has 0 aliphatic rings. The predicted molar refractivity (Wildman–Crippen MR) is 404 cm³/mol. The molecule has 0 fully saturated rings. The van der Waals surface area contributed by atoms with Crippen molar-refractivity contribution < 1.29 is 18.9 Å². The third-order valence-electron chi connectivity index (χ3n) is 19.8. The first kappa shape index (κ1) is 74.3. The van der Waals surface area contributed by atoms with Crippen molar-refractivity contribution in [3.63, 3.8) is 0 Å². The Labute approximate surface area is 566 Å². The summed E-state index contributed by atoms with van der Waals surface area (Å²) in [5.41, 5.74) is 8.54. The van der Waals surface area contributed by atoms with E-state index in [4.69, 9.17) is 18.9 Å². The highest BCUT2D eigenvalue weighted by molar-refractivity contribution is 6.09. The Hall–Kier alpha value is -6.08. The highest BCUT2D eigenvalue weighted by Gasteiger charge is 2.20. The van der Waals surface area contributed by atoms with Gasteiger partial charge in [-0.25, -0.2) is 0 Å². The minimum Gasteiger partial charge on any atom is -0.497 e. The second kappa shape index (κ2) is 45.3. The van der Waals surface area contributed by atoms with Crippen LogP contribution in [-0.2, 0) is 0 Å². The van der Waals surface area contributed by atoms with Crippen LogP contribution in [0.3, 0.4) is 0 Å². The average molecular weight is 1270 g/mol. The van der Waals surface area contributed by atoms with E-state index in [1.165, 1.54) is 268 Å². The minimum atomic E-state index is 0.590. The second-order valence-corrected chi connectivity index (χ2v) is 27.5. The van der Waals surface area contributed by atoms with Gasteiger partial charge in [-0.3, -0.25) is 0 Å². The largest absolute Gasteiger partial charge is 0.497 e.